The summed E-state index contributed by atoms with van der Waals surface area (Å²) >= 11 is 0. The largest absolute Gasteiger partial charge is 0.657 e. The maximum absolute atomic E-state index is 10.0. The minimum absolute atomic E-state index is 0. The number of nitrogens with zero attached hydrogens (tertiary/aromatic N) is 4. The van der Waals surface area contributed by atoms with Gasteiger partial charge in [0.1, 0.15) is 0 Å². The first kappa shape index (κ1) is 38.2. The van der Waals surface area contributed by atoms with E-state index in [0.717, 1.165) is 89.4 Å². The number of hydrogen-bond acceptors (Lipinski definition) is 4. The van der Waals surface area contributed by atoms with Gasteiger partial charge in [-0.1, -0.05) is 146 Å². The topological polar surface area (TPSA) is 91.3 Å². The number of aliphatic hydroxyl groups is 1. The Hall–Kier alpha value is -6.08. The van der Waals surface area contributed by atoms with Crippen molar-refractivity contribution in [2.75, 3.05) is 0 Å². The van der Waals surface area contributed by atoms with Crippen LogP contribution in [0.25, 0.3) is 90.9 Å². The van der Waals surface area contributed by atoms with Crippen molar-refractivity contribution in [3.05, 3.63) is 180 Å². The van der Waals surface area contributed by atoms with E-state index in [4.69, 9.17) is 25.0 Å². The van der Waals surface area contributed by atoms with Crippen molar-refractivity contribution >= 4 is 52.2 Å². The molecule has 281 valence electrons. The third-order valence-electron chi connectivity index (χ3n) is 9.27. The van der Waals surface area contributed by atoms with E-state index in [0.29, 0.717) is 0 Å². The van der Waals surface area contributed by atoms with E-state index in [1.807, 2.05) is 24.3 Å². The van der Waals surface area contributed by atoms with Crippen LogP contribution in [0.5, 0.6) is 0 Å². The molecule has 0 unspecified atom stereocenters. The first-order chi connectivity index (χ1) is 26.9. The van der Waals surface area contributed by atoms with Gasteiger partial charge in [0.15, 0.2) is 5.78 Å². The number of fused-ring (bicyclic) bond motifs is 8. The molecule has 7 heteroatoms. The number of hydrogen-bond donors (Lipinski definition) is 1. The maximum Gasteiger partial charge on any atom is 0.155 e. The van der Waals surface area contributed by atoms with Crippen LogP contribution in [0, 0.1) is 36.9 Å². The van der Waals surface area contributed by atoms with Gasteiger partial charge >= 0.3 is 0 Å². The minimum atomic E-state index is -0.125. The molecule has 0 saturated heterocycles. The summed E-state index contributed by atoms with van der Waals surface area (Å²) in [6.45, 7) is 2.85. The Morgan fingerprint density at radius 2 is 0.696 bits per heavy atom. The van der Waals surface area contributed by atoms with Gasteiger partial charge in [0.2, 0.25) is 0 Å². The summed E-state index contributed by atoms with van der Waals surface area (Å²) in [4.78, 5) is 31.3. The molecule has 0 aliphatic carbocycles. The fraction of sp³-hybridized carbons (Fsp3) is 0.0408. The van der Waals surface area contributed by atoms with Gasteiger partial charge in [-0.2, -0.15) is 0 Å². The molecule has 9 rings (SSSR count). The van der Waals surface area contributed by atoms with Gasteiger partial charge in [0.05, 0.1) is 28.5 Å². The van der Waals surface area contributed by atoms with E-state index in [1.54, 1.807) is 0 Å². The van der Waals surface area contributed by atoms with Crippen LogP contribution >= 0.6 is 0 Å². The van der Waals surface area contributed by atoms with Crippen molar-refractivity contribution in [2.24, 2.45) is 0 Å². The van der Waals surface area contributed by atoms with Crippen molar-refractivity contribution < 1.29 is 46.8 Å². The van der Waals surface area contributed by atoms with Gasteiger partial charge in [-0.25, -0.2) is 9.97 Å². The molecule has 3 aromatic heterocycles. The molecule has 7 aromatic rings. The van der Waals surface area contributed by atoms with Crippen LogP contribution in [-0.2, 0) is 4.79 Å². The van der Waals surface area contributed by atoms with Gasteiger partial charge in [0.25, 0.3) is 0 Å². The van der Waals surface area contributed by atoms with Crippen molar-refractivity contribution in [3.8, 4) is 44.5 Å². The molecule has 1 radical (unpaired) electrons. The summed E-state index contributed by atoms with van der Waals surface area (Å²) in [5.74, 6) is -0.0625. The summed E-state index contributed by atoms with van der Waals surface area (Å²) in [6, 6.07) is 50.0. The number of rotatable bonds is 5. The third-order valence-corrected chi connectivity index (χ3v) is 9.27. The normalized spacial score (nSPS) is 11.7. The van der Waals surface area contributed by atoms with Crippen LogP contribution in [0.1, 0.15) is 36.6 Å². The van der Waals surface area contributed by atoms with E-state index in [2.05, 4.69) is 146 Å². The summed E-state index contributed by atoms with van der Waals surface area (Å²) in [7, 11) is 0. The van der Waals surface area contributed by atoms with Crippen LogP contribution in [0.15, 0.2) is 157 Å². The smallest absolute Gasteiger partial charge is 0.155 e. The Morgan fingerprint density at radius 3 is 0.893 bits per heavy atom. The quantitative estimate of drug-likeness (QED) is 0.137. The standard InChI is InChI=1S/C44H28N4.C5H8O2.Lu/c1-5-13-29(14-6-1)41-33-21-23-35(45-33)42(30-15-7-2-8-16-30)37-25-27-39(47-37)44(32-19-11-4-12-20-32)40-28-26-38(48-40)43(31-17-9-3-10-18-31)36-24-22-34(41)46-36;1-4(6)3-5(2)7;/h1-28H;3,6H,1-2H3;/q-2;;/b;4-3-;. The van der Waals surface area contributed by atoms with Crippen molar-refractivity contribution in [3.63, 3.8) is 0 Å². The first-order valence-corrected chi connectivity index (χ1v) is 18.1. The molecule has 56 heavy (non-hydrogen) atoms. The second-order valence-electron chi connectivity index (χ2n) is 13.2. The molecular formula is C49H36LuN4O2-2. The van der Waals surface area contributed by atoms with Gasteiger partial charge in [-0.15, -0.1) is 22.1 Å². The minimum Gasteiger partial charge on any atom is -0.657 e. The number of aliphatic hydroxyl groups excluding tert-OH is 1. The number of allylic oxidation sites excluding steroid dienone is 2. The van der Waals surface area contributed by atoms with Crippen molar-refractivity contribution in [2.45, 2.75) is 13.8 Å². The Morgan fingerprint density at radius 1 is 0.446 bits per heavy atom. The van der Waals surface area contributed by atoms with Gasteiger partial charge in [0, 0.05) is 43.0 Å². The SMILES string of the molecule is C1=Cc2nc1c(-c1ccccc1)c1ccc([n-]1)c(-c1ccccc1)c1nc(c(-c3ccccc3)c3ccc([n-]3)c2-c2ccccc2)C=C1.CC(=O)/C=C(/C)O.[Lu]. The van der Waals surface area contributed by atoms with Crippen LogP contribution in [-0.4, -0.2) is 20.9 Å². The van der Waals surface area contributed by atoms with Gasteiger partial charge in [-0.05, 0) is 82.7 Å². The zero-order chi connectivity index (χ0) is 37.7. The average Bonchev–Trinajstić information content (AvgIpc) is 4.04. The number of carbonyl (C=O) groups excluding carboxylic acids is 1. The first-order valence-electron chi connectivity index (χ1n) is 18.1. The van der Waals surface area contributed by atoms with Gasteiger partial charge < -0.3 is 15.1 Å². The number of benzene rings is 4. The van der Waals surface area contributed by atoms with Crippen LogP contribution in [0.3, 0.4) is 0 Å². The zero-order valence-electron chi connectivity index (χ0n) is 30.6. The molecule has 0 amide bonds. The molecule has 5 heterocycles. The van der Waals surface area contributed by atoms with Gasteiger partial charge in [-0.3, -0.25) is 4.79 Å². The average molecular weight is 888 g/mol. The molecule has 0 fully saturated rings. The zero-order valence-corrected chi connectivity index (χ0v) is 32.3. The van der Waals surface area contributed by atoms with E-state index in [1.165, 1.54) is 19.9 Å². The summed E-state index contributed by atoms with van der Waals surface area (Å²) in [5.41, 5.74) is 15.0. The molecule has 2 aliphatic heterocycles. The van der Waals surface area contributed by atoms with Crippen LogP contribution in [0.2, 0.25) is 0 Å². The Bertz CT molecular complexity index is 2430. The fourth-order valence-electron chi connectivity index (χ4n) is 6.98. The maximum atomic E-state index is 10.0. The molecule has 2 aliphatic rings. The van der Waals surface area contributed by atoms with Crippen LogP contribution in [0.4, 0.5) is 0 Å². The predicted molar refractivity (Wildman–Crippen MR) is 226 cm³/mol. The Labute approximate surface area is 354 Å². The van der Waals surface area contributed by atoms with E-state index in [9.17, 15) is 4.79 Å². The third kappa shape index (κ3) is 8.13. The van der Waals surface area contributed by atoms with E-state index in [-0.39, 0.29) is 48.4 Å². The van der Waals surface area contributed by atoms with E-state index < -0.39 is 0 Å². The van der Waals surface area contributed by atoms with Crippen LogP contribution < -0.4 is 9.97 Å². The molecule has 4 aromatic carbocycles. The molecule has 0 atom stereocenters. The molecule has 6 nitrogen and oxygen atoms in total. The monoisotopic (exact) mass is 887 g/mol. The Kier molecular flexibility index (Phi) is 11.7. The summed E-state index contributed by atoms with van der Waals surface area (Å²) < 4.78 is 0. The number of aromatic nitrogens is 4. The molecule has 8 bridgehead atoms. The van der Waals surface area contributed by atoms with E-state index >= 15 is 0 Å². The summed E-state index contributed by atoms with van der Waals surface area (Å²) in [6.07, 6.45) is 9.57. The Balaban J connectivity index is 0.000000552. The van der Waals surface area contributed by atoms with Crippen molar-refractivity contribution in [1.82, 2.24) is 19.9 Å². The number of ketones is 1. The molecular weight excluding hydrogens is 852 g/mol. The molecule has 1 N–H and O–H groups in total. The number of carbonyl (C=O) groups is 1. The predicted octanol–water partition coefficient (Wildman–Crippen LogP) is 11.6. The van der Waals surface area contributed by atoms with Crippen molar-refractivity contribution in [1.29, 1.82) is 0 Å². The summed E-state index contributed by atoms with van der Waals surface area (Å²) in [5, 5.41) is 8.36. The second kappa shape index (κ2) is 17.2. The second-order valence-corrected chi connectivity index (χ2v) is 13.2. The fourth-order valence-corrected chi connectivity index (χ4v) is 6.98. The molecule has 0 spiro atoms. The molecule has 0 saturated carbocycles.